The second-order valence-electron chi connectivity index (χ2n) is 5.28. The quantitative estimate of drug-likeness (QED) is 0.786. The molecule has 0 aliphatic carbocycles. The van der Waals surface area contributed by atoms with Crippen LogP contribution in [0.5, 0.6) is 5.88 Å². The number of carbonyl (C=O) groups excluding carboxylic acids is 1. The van der Waals surface area contributed by atoms with Gasteiger partial charge >= 0.3 is 0 Å². The van der Waals surface area contributed by atoms with Gasteiger partial charge in [0.1, 0.15) is 5.82 Å². The van der Waals surface area contributed by atoms with E-state index in [0.29, 0.717) is 18.4 Å². The molecule has 122 valence electrons. The second-order valence-corrected chi connectivity index (χ2v) is 5.28. The van der Waals surface area contributed by atoms with E-state index in [1.807, 2.05) is 6.92 Å². The van der Waals surface area contributed by atoms with E-state index in [2.05, 4.69) is 32.4 Å². The van der Waals surface area contributed by atoms with Gasteiger partial charge in [0.15, 0.2) is 5.69 Å². The van der Waals surface area contributed by atoms with Crippen molar-refractivity contribution in [3.05, 3.63) is 11.9 Å². The molecule has 0 bridgehead atoms. The van der Waals surface area contributed by atoms with E-state index in [9.17, 15) is 4.79 Å². The van der Waals surface area contributed by atoms with Crippen LogP contribution in [-0.2, 0) is 0 Å². The van der Waals surface area contributed by atoms with Crippen LogP contribution in [0.15, 0.2) is 6.20 Å². The van der Waals surface area contributed by atoms with Crippen LogP contribution in [-0.4, -0.2) is 60.1 Å². The van der Waals surface area contributed by atoms with E-state index >= 15 is 0 Å². The monoisotopic (exact) mass is 307 g/mol. The molecule has 2 N–H and O–H groups in total. The van der Waals surface area contributed by atoms with Crippen molar-refractivity contribution in [2.45, 2.75) is 32.7 Å². The number of nitrogens with one attached hydrogen (secondary N) is 2. The number of nitrogens with zero attached hydrogens (tertiary/aromatic N) is 3. The molecular weight excluding hydrogens is 282 g/mol. The summed E-state index contributed by atoms with van der Waals surface area (Å²) in [6.45, 7) is 7.60. The summed E-state index contributed by atoms with van der Waals surface area (Å²) in [4.78, 5) is 23.1. The molecule has 0 radical (unpaired) electrons. The zero-order valence-corrected chi connectivity index (χ0v) is 13.6. The molecule has 2 rings (SSSR count). The van der Waals surface area contributed by atoms with Crippen LogP contribution in [0, 0.1) is 0 Å². The fraction of sp³-hybridized carbons (Fsp3) is 0.667. The van der Waals surface area contributed by atoms with Gasteiger partial charge in [0, 0.05) is 19.1 Å². The molecular formula is C15H25N5O2. The van der Waals surface area contributed by atoms with Crippen molar-refractivity contribution in [2.24, 2.45) is 0 Å². The van der Waals surface area contributed by atoms with E-state index in [0.717, 1.165) is 26.1 Å². The van der Waals surface area contributed by atoms with Crippen molar-refractivity contribution in [1.82, 2.24) is 20.2 Å². The first-order chi connectivity index (χ1) is 10.7. The number of likely N-dealkylation sites (N-methyl/N-ethyl adjacent to an activating group) is 1. The third-order valence-electron chi connectivity index (χ3n) is 3.91. The van der Waals surface area contributed by atoms with Crippen LogP contribution in [0.25, 0.3) is 0 Å². The third-order valence-corrected chi connectivity index (χ3v) is 3.91. The number of hydrogen-bond donors (Lipinski definition) is 2. The second kappa shape index (κ2) is 7.93. The summed E-state index contributed by atoms with van der Waals surface area (Å²) in [5.41, 5.74) is 0.227. The van der Waals surface area contributed by atoms with E-state index < -0.39 is 0 Å². The molecule has 0 saturated carbocycles. The first kappa shape index (κ1) is 16.5. The lowest BCUT2D eigenvalue weighted by Crippen LogP contribution is -2.40. The van der Waals surface area contributed by atoms with Gasteiger partial charge in [-0.25, -0.2) is 4.98 Å². The summed E-state index contributed by atoms with van der Waals surface area (Å²) in [6.07, 6.45) is 3.86. The largest absolute Gasteiger partial charge is 0.479 e. The highest BCUT2D eigenvalue weighted by Gasteiger charge is 2.24. The predicted molar refractivity (Wildman–Crippen MR) is 85.3 cm³/mol. The molecule has 22 heavy (non-hydrogen) atoms. The number of rotatable bonds is 7. The molecule has 7 nitrogen and oxygen atoms in total. The van der Waals surface area contributed by atoms with Crippen molar-refractivity contribution in [1.29, 1.82) is 0 Å². The Kier molecular flexibility index (Phi) is 5.94. The number of methoxy groups -OCH3 is 1. The molecule has 1 unspecified atom stereocenters. The number of aromatic nitrogens is 2. The van der Waals surface area contributed by atoms with Crippen LogP contribution in [0.1, 0.15) is 37.2 Å². The highest BCUT2D eigenvalue weighted by molar-refractivity contribution is 5.94. The van der Waals surface area contributed by atoms with E-state index in [-0.39, 0.29) is 17.5 Å². The molecule has 1 fully saturated rings. The minimum absolute atomic E-state index is 0.227. The minimum atomic E-state index is -0.240. The number of likely N-dealkylation sites (tertiary alicyclic amines) is 1. The van der Waals surface area contributed by atoms with Crippen LogP contribution in [0.3, 0.4) is 0 Å². The summed E-state index contributed by atoms with van der Waals surface area (Å²) < 4.78 is 5.18. The van der Waals surface area contributed by atoms with E-state index in [1.54, 1.807) is 6.20 Å². The molecule has 1 atom stereocenters. The summed E-state index contributed by atoms with van der Waals surface area (Å²) >= 11 is 0. The van der Waals surface area contributed by atoms with Crippen molar-refractivity contribution >= 4 is 11.7 Å². The lowest BCUT2D eigenvalue weighted by atomic mass is 10.2. The van der Waals surface area contributed by atoms with Crippen LogP contribution in [0.4, 0.5) is 5.82 Å². The Morgan fingerprint density at radius 3 is 3.00 bits per heavy atom. The Balaban J connectivity index is 1.99. The normalized spacial score (nSPS) is 18.2. The van der Waals surface area contributed by atoms with Crippen LogP contribution >= 0.6 is 0 Å². The fourth-order valence-electron chi connectivity index (χ4n) is 2.77. The van der Waals surface area contributed by atoms with Gasteiger partial charge < -0.3 is 15.4 Å². The van der Waals surface area contributed by atoms with E-state index in [1.165, 1.54) is 13.5 Å². The first-order valence-electron chi connectivity index (χ1n) is 7.86. The third kappa shape index (κ3) is 3.85. The van der Waals surface area contributed by atoms with Gasteiger partial charge in [-0.3, -0.25) is 9.69 Å². The molecule has 2 heterocycles. The summed E-state index contributed by atoms with van der Waals surface area (Å²) in [6, 6.07) is 0.411. The summed E-state index contributed by atoms with van der Waals surface area (Å²) in [5.74, 6) is 0.605. The SMILES string of the molecule is CCNc1cnc(C(=O)NCC2CCCN2CC)c(OC)n1. The Bertz CT molecular complexity index is 509. The number of ether oxygens (including phenoxy) is 1. The molecule has 1 saturated heterocycles. The Morgan fingerprint density at radius 1 is 1.50 bits per heavy atom. The molecule has 7 heteroatoms. The van der Waals surface area contributed by atoms with Gasteiger partial charge in [0.2, 0.25) is 5.88 Å². The van der Waals surface area contributed by atoms with E-state index in [4.69, 9.17) is 4.74 Å². The van der Waals surface area contributed by atoms with Crippen molar-refractivity contribution in [2.75, 3.05) is 38.6 Å². The van der Waals surface area contributed by atoms with Crippen molar-refractivity contribution in [3.63, 3.8) is 0 Å². The van der Waals surface area contributed by atoms with Crippen LogP contribution < -0.4 is 15.4 Å². The number of carbonyl (C=O) groups is 1. The van der Waals surface area contributed by atoms with Gasteiger partial charge in [-0.2, -0.15) is 4.98 Å². The standard InChI is InChI=1S/C15H25N5O2/c1-4-16-12-10-17-13(15(19-12)22-3)14(21)18-9-11-7-6-8-20(11)5-2/h10-11H,4-9H2,1-3H3,(H,16,19)(H,18,21). The molecule has 0 aromatic carbocycles. The molecule has 1 aromatic rings. The lowest BCUT2D eigenvalue weighted by Gasteiger charge is -2.22. The highest BCUT2D eigenvalue weighted by Crippen LogP contribution is 2.17. The number of hydrogen-bond acceptors (Lipinski definition) is 6. The summed E-state index contributed by atoms with van der Waals surface area (Å²) in [7, 11) is 1.49. The van der Waals surface area contributed by atoms with Gasteiger partial charge in [0.25, 0.3) is 5.91 Å². The molecule has 1 aromatic heterocycles. The van der Waals surface area contributed by atoms with Crippen LogP contribution in [0.2, 0.25) is 0 Å². The van der Waals surface area contributed by atoms with Gasteiger partial charge in [-0.05, 0) is 32.9 Å². The molecule has 1 aliphatic rings. The Hall–Kier alpha value is -1.89. The highest BCUT2D eigenvalue weighted by atomic mass is 16.5. The lowest BCUT2D eigenvalue weighted by molar-refractivity contribution is 0.0932. The molecule has 1 aliphatic heterocycles. The zero-order chi connectivity index (χ0) is 15.9. The smallest absolute Gasteiger partial charge is 0.275 e. The Morgan fingerprint density at radius 2 is 2.32 bits per heavy atom. The Labute approximate surface area is 131 Å². The van der Waals surface area contributed by atoms with Gasteiger partial charge in [-0.1, -0.05) is 6.92 Å². The number of amides is 1. The fourth-order valence-corrected chi connectivity index (χ4v) is 2.77. The van der Waals surface area contributed by atoms with Gasteiger partial charge in [-0.15, -0.1) is 0 Å². The molecule has 1 amide bonds. The van der Waals surface area contributed by atoms with Crippen molar-refractivity contribution < 1.29 is 9.53 Å². The first-order valence-corrected chi connectivity index (χ1v) is 7.86. The molecule has 0 spiro atoms. The summed E-state index contributed by atoms with van der Waals surface area (Å²) in [5, 5.41) is 5.99. The zero-order valence-electron chi connectivity index (χ0n) is 13.6. The van der Waals surface area contributed by atoms with Crippen molar-refractivity contribution in [3.8, 4) is 5.88 Å². The topological polar surface area (TPSA) is 79.4 Å². The maximum absolute atomic E-state index is 12.3. The average Bonchev–Trinajstić information content (AvgIpc) is 3.00. The average molecular weight is 307 g/mol. The minimum Gasteiger partial charge on any atom is -0.479 e. The maximum Gasteiger partial charge on any atom is 0.275 e. The van der Waals surface area contributed by atoms with Gasteiger partial charge in [0.05, 0.1) is 13.3 Å². The predicted octanol–water partition coefficient (Wildman–Crippen LogP) is 1.13. The maximum atomic E-state index is 12.3. The number of anilines is 1.